The molecule has 0 spiro atoms. The molecule has 1 heterocycles. The van der Waals surface area contributed by atoms with Crippen LogP contribution < -0.4 is 5.73 Å². The fraction of sp³-hybridized carbons (Fsp3) is 1.00. The number of nitrogens with zero attached hydrogens (tertiary/aromatic N) is 1. The van der Waals surface area contributed by atoms with Gasteiger partial charge in [-0.2, -0.15) is 0 Å². The van der Waals surface area contributed by atoms with E-state index in [-0.39, 0.29) is 30.1 Å². The molecule has 0 aromatic rings. The van der Waals surface area contributed by atoms with Gasteiger partial charge in [0.1, 0.15) is 0 Å². The first-order valence-corrected chi connectivity index (χ1v) is 6.31. The molecule has 2 N–H and O–H groups in total. The van der Waals surface area contributed by atoms with Crippen molar-refractivity contribution in [2.45, 2.75) is 26.3 Å². The summed E-state index contributed by atoms with van der Waals surface area (Å²) in [6.45, 7) is 4.94. The lowest BCUT2D eigenvalue weighted by molar-refractivity contribution is 0.463. The average Bonchev–Trinajstić information content (AvgIpc) is 2.33. The van der Waals surface area contributed by atoms with Gasteiger partial charge in [-0.3, -0.25) is 0 Å². The molecule has 86 valence electrons. The van der Waals surface area contributed by atoms with Gasteiger partial charge >= 0.3 is 0 Å². The Balaban J connectivity index is 0.00000169. The van der Waals surface area contributed by atoms with Crippen molar-refractivity contribution in [3.8, 4) is 0 Å². The molecule has 1 aliphatic rings. The largest absolute Gasteiger partial charge is 0.326 e. The molecule has 1 aliphatic heterocycles. The minimum absolute atomic E-state index is 0. The molecular formula is C8H19ClN2O2S. The van der Waals surface area contributed by atoms with Crippen LogP contribution in [0.4, 0.5) is 0 Å². The second kappa shape index (κ2) is 5.30. The van der Waals surface area contributed by atoms with Crippen LogP contribution in [0, 0.1) is 5.92 Å². The van der Waals surface area contributed by atoms with Gasteiger partial charge in [0.15, 0.2) is 0 Å². The number of sulfonamides is 1. The molecule has 0 saturated carbocycles. The predicted octanol–water partition coefficient (Wildman–Crippen LogP) is 0.427. The zero-order valence-electron chi connectivity index (χ0n) is 8.64. The lowest BCUT2D eigenvalue weighted by Gasteiger charge is -2.14. The van der Waals surface area contributed by atoms with E-state index >= 15 is 0 Å². The Hall–Kier alpha value is 0.160. The third-order valence-electron chi connectivity index (χ3n) is 2.49. The van der Waals surface area contributed by atoms with Gasteiger partial charge in [-0.1, -0.05) is 13.8 Å². The monoisotopic (exact) mass is 242 g/mol. The Morgan fingerprint density at radius 1 is 1.43 bits per heavy atom. The van der Waals surface area contributed by atoms with Crippen LogP contribution in [0.1, 0.15) is 20.3 Å². The third kappa shape index (κ3) is 3.08. The number of nitrogens with two attached hydrogens (primary N) is 1. The van der Waals surface area contributed by atoms with Gasteiger partial charge in [0.2, 0.25) is 10.0 Å². The van der Waals surface area contributed by atoms with Gasteiger partial charge in [0, 0.05) is 19.1 Å². The maximum absolute atomic E-state index is 11.6. The minimum atomic E-state index is -3.02. The van der Waals surface area contributed by atoms with Gasteiger partial charge in [-0.25, -0.2) is 12.7 Å². The molecule has 1 rings (SSSR count). The average molecular weight is 243 g/mol. The van der Waals surface area contributed by atoms with Crippen LogP contribution in [-0.2, 0) is 10.0 Å². The summed E-state index contributed by atoms with van der Waals surface area (Å²) >= 11 is 0. The van der Waals surface area contributed by atoms with E-state index in [1.165, 1.54) is 4.31 Å². The lowest BCUT2D eigenvalue weighted by Crippen LogP contribution is -2.33. The van der Waals surface area contributed by atoms with E-state index in [9.17, 15) is 8.42 Å². The summed E-state index contributed by atoms with van der Waals surface area (Å²) in [6, 6.07) is 0.00614. The Bertz CT molecular complexity index is 259. The van der Waals surface area contributed by atoms with Crippen molar-refractivity contribution >= 4 is 22.4 Å². The molecule has 6 heteroatoms. The van der Waals surface area contributed by atoms with Gasteiger partial charge in [0.25, 0.3) is 0 Å². The van der Waals surface area contributed by atoms with E-state index in [0.717, 1.165) is 0 Å². The van der Waals surface area contributed by atoms with E-state index in [4.69, 9.17) is 5.73 Å². The van der Waals surface area contributed by atoms with E-state index in [2.05, 4.69) is 0 Å². The summed E-state index contributed by atoms with van der Waals surface area (Å²) in [4.78, 5) is 0. The molecule has 0 radical (unpaired) electrons. The Morgan fingerprint density at radius 2 is 2.00 bits per heavy atom. The zero-order valence-corrected chi connectivity index (χ0v) is 10.3. The molecule has 0 aliphatic carbocycles. The van der Waals surface area contributed by atoms with Crippen molar-refractivity contribution in [1.29, 1.82) is 0 Å². The summed E-state index contributed by atoms with van der Waals surface area (Å²) < 4.78 is 24.7. The topological polar surface area (TPSA) is 63.4 Å². The standard InChI is InChI=1S/C8H18N2O2S.ClH/c1-3-4-13(11,12)10-5-7(2)8(9)6-10;/h7-8H,3-6,9H2,1-2H3;1H. The molecule has 0 amide bonds. The summed E-state index contributed by atoms with van der Waals surface area (Å²) in [5.74, 6) is 0.526. The van der Waals surface area contributed by atoms with Crippen LogP contribution in [-0.4, -0.2) is 37.6 Å². The summed E-state index contributed by atoms with van der Waals surface area (Å²) in [7, 11) is -3.02. The molecular weight excluding hydrogens is 224 g/mol. The van der Waals surface area contributed by atoms with Gasteiger partial charge in [-0.05, 0) is 12.3 Å². The Kier molecular flexibility index (Phi) is 5.36. The first-order chi connectivity index (χ1) is 5.97. The molecule has 0 aromatic carbocycles. The van der Waals surface area contributed by atoms with Gasteiger partial charge in [0.05, 0.1) is 5.75 Å². The molecule has 2 unspecified atom stereocenters. The molecule has 0 bridgehead atoms. The van der Waals surface area contributed by atoms with Gasteiger partial charge in [-0.15, -0.1) is 12.4 Å². The highest BCUT2D eigenvalue weighted by Crippen LogP contribution is 2.18. The number of hydrogen-bond donors (Lipinski definition) is 1. The van der Waals surface area contributed by atoms with Crippen LogP contribution in [0.25, 0.3) is 0 Å². The smallest absolute Gasteiger partial charge is 0.214 e. The summed E-state index contributed by atoms with van der Waals surface area (Å²) in [5.41, 5.74) is 5.76. The molecule has 1 saturated heterocycles. The lowest BCUT2D eigenvalue weighted by atomic mass is 10.1. The summed E-state index contributed by atoms with van der Waals surface area (Å²) in [6.07, 6.45) is 0.669. The van der Waals surface area contributed by atoms with Crippen LogP contribution in [0.2, 0.25) is 0 Å². The first kappa shape index (κ1) is 14.2. The van der Waals surface area contributed by atoms with Crippen LogP contribution in [0.5, 0.6) is 0 Å². The van der Waals surface area contributed by atoms with E-state index in [1.54, 1.807) is 0 Å². The van der Waals surface area contributed by atoms with Crippen LogP contribution in [0.3, 0.4) is 0 Å². The minimum Gasteiger partial charge on any atom is -0.326 e. The quantitative estimate of drug-likeness (QED) is 0.781. The number of rotatable bonds is 3. The van der Waals surface area contributed by atoms with E-state index < -0.39 is 10.0 Å². The van der Waals surface area contributed by atoms with Crippen LogP contribution >= 0.6 is 12.4 Å². The van der Waals surface area contributed by atoms with Crippen molar-refractivity contribution in [1.82, 2.24) is 4.31 Å². The maximum atomic E-state index is 11.6. The predicted molar refractivity (Wildman–Crippen MR) is 60.0 cm³/mol. The molecule has 4 nitrogen and oxygen atoms in total. The van der Waals surface area contributed by atoms with Crippen molar-refractivity contribution in [2.24, 2.45) is 11.7 Å². The zero-order chi connectivity index (χ0) is 10.1. The second-order valence-electron chi connectivity index (χ2n) is 3.77. The fourth-order valence-electron chi connectivity index (χ4n) is 1.56. The van der Waals surface area contributed by atoms with Crippen molar-refractivity contribution in [2.75, 3.05) is 18.8 Å². The number of halogens is 1. The number of hydrogen-bond acceptors (Lipinski definition) is 3. The van der Waals surface area contributed by atoms with Crippen LogP contribution in [0.15, 0.2) is 0 Å². The van der Waals surface area contributed by atoms with Crippen molar-refractivity contribution in [3.05, 3.63) is 0 Å². The van der Waals surface area contributed by atoms with Crippen molar-refractivity contribution in [3.63, 3.8) is 0 Å². The molecule has 14 heavy (non-hydrogen) atoms. The maximum Gasteiger partial charge on any atom is 0.214 e. The highest BCUT2D eigenvalue weighted by atomic mass is 35.5. The molecule has 1 fully saturated rings. The van der Waals surface area contributed by atoms with E-state index in [1.807, 2.05) is 13.8 Å². The normalized spacial score (nSPS) is 28.8. The van der Waals surface area contributed by atoms with E-state index in [0.29, 0.717) is 19.5 Å². The highest BCUT2D eigenvalue weighted by molar-refractivity contribution is 7.89. The molecule has 2 atom stereocenters. The Labute approximate surface area is 92.3 Å². The fourth-order valence-corrected chi connectivity index (χ4v) is 3.20. The molecule has 0 aromatic heterocycles. The third-order valence-corrected chi connectivity index (χ3v) is 4.50. The first-order valence-electron chi connectivity index (χ1n) is 4.70. The van der Waals surface area contributed by atoms with Crippen molar-refractivity contribution < 1.29 is 8.42 Å². The van der Waals surface area contributed by atoms with Gasteiger partial charge < -0.3 is 5.73 Å². The summed E-state index contributed by atoms with van der Waals surface area (Å²) in [5, 5.41) is 0. The Morgan fingerprint density at radius 3 is 2.36 bits per heavy atom. The second-order valence-corrected chi connectivity index (χ2v) is 5.86. The highest BCUT2D eigenvalue weighted by Gasteiger charge is 2.33. The SMILES string of the molecule is CCCS(=O)(=O)N1CC(C)C(N)C1.Cl.